The van der Waals surface area contributed by atoms with Gasteiger partial charge in [0, 0.05) is 51.6 Å². The Hall–Kier alpha value is -2.56. The van der Waals surface area contributed by atoms with Gasteiger partial charge in [-0.2, -0.15) is 0 Å². The number of carbonyl (C=O) groups excluding carboxylic acids is 1. The third-order valence-corrected chi connectivity index (χ3v) is 4.66. The van der Waals surface area contributed by atoms with E-state index < -0.39 is 0 Å². The summed E-state index contributed by atoms with van der Waals surface area (Å²) in [7, 11) is 4.05. The highest BCUT2D eigenvalue weighted by molar-refractivity contribution is 5.79. The predicted molar refractivity (Wildman–Crippen MR) is 99.7 cm³/mol. The third-order valence-electron chi connectivity index (χ3n) is 4.66. The molecule has 5 heteroatoms. The average Bonchev–Trinajstić information content (AvgIpc) is 2.64. The maximum absolute atomic E-state index is 13.7. The van der Waals surface area contributed by atoms with Crippen LogP contribution in [0.1, 0.15) is 5.56 Å². The number of piperazine rings is 1. The van der Waals surface area contributed by atoms with Gasteiger partial charge in [0.05, 0.1) is 6.42 Å². The van der Waals surface area contributed by atoms with E-state index in [9.17, 15) is 9.18 Å². The van der Waals surface area contributed by atoms with E-state index >= 15 is 0 Å². The first-order valence-corrected chi connectivity index (χ1v) is 8.58. The van der Waals surface area contributed by atoms with Gasteiger partial charge in [0.25, 0.3) is 0 Å². The number of anilines is 2. The molecule has 0 spiro atoms. The van der Waals surface area contributed by atoms with Crippen LogP contribution in [0.25, 0.3) is 0 Å². The zero-order valence-electron chi connectivity index (χ0n) is 14.8. The zero-order chi connectivity index (χ0) is 17.8. The lowest BCUT2D eigenvalue weighted by atomic mass is 10.1. The Morgan fingerprint density at radius 3 is 2.24 bits per heavy atom. The number of hydrogen-bond acceptors (Lipinski definition) is 3. The van der Waals surface area contributed by atoms with Crippen LogP contribution in [-0.4, -0.2) is 51.1 Å². The van der Waals surface area contributed by atoms with Crippen molar-refractivity contribution in [3.8, 4) is 0 Å². The van der Waals surface area contributed by atoms with Gasteiger partial charge in [0.2, 0.25) is 5.91 Å². The van der Waals surface area contributed by atoms with Crippen molar-refractivity contribution in [2.24, 2.45) is 0 Å². The molecule has 1 fully saturated rings. The second kappa shape index (κ2) is 7.55. The summed E-state index contributed by atoms with van der Waals surface area (Å²) < 4.78 is 13.7. The summed E-state index contributed by atoms with van der Waals surface area (Å²) in [5, 5.41) is 0. The van der Waals surface area contributed by atoms with E-state index in [1.165, 1.54) is 17.4 Å². The molecule has 0 aromatic heterocycles. The molecule has 1 saturated heterocycles. The number of rotatable bonds is 4. The van der Waals surface area contributed by atoms with Crippen molar-refractivity contribution in [1.82, 2.24) is 4.90 Å². The van der Waals surface area contributed by atoms with Gasteiger partial charge in [-0.25, -0.2) is 4.39 Å². The number of benzene rings is 2. The number of hydrogen-bond donors (Lipinski definition) is 0. The molecule has 0 unspecified atom stereocenters. The Balaban J connectivity index is 1.56. The molecule has 0 atom stereocenters. The van der Waals surface area contributed by atoms with Gasteiger partial charge in [0.15, 0.2) is 0 Å². The Labute approximate surface area is 148 Å². The monoisotopic (exact) mass is 341 g/mol. The highest BCUT2D eigenvalue weighted by Crippen LogP contribution is 2.21. The summed E-state index contributed by atoms with van der Waals surface area (Å²) in [6.45, 7) is 2.93. The minimum atomic E-state index is -0.310. The van der Waals surface area contributed by atoms with E-state index in [0.29, 0.717) is 18.7 Å². The quantitative estimate of drug-likeness (QED) is 0.856. The summed E-state index contributed by atoms with van der Waals surface area (Å²) >= 11 is 0. The SMILES string of the molecule is CN(C)c1ccc(N2CCN(C(=O)Cc3ccccc3F)CC2)cc1. The second-order valence-electron chi connectivity index (χ2n) is 6.55. The maximum atomic E-state index is 13.7. The first-order valence-electron chi connectivity index (χ1n) is 8.58. The lowest BCUT2D eigenvalue weighted by molar-refractivity contribution is -0.130. The third kappa shape index (κ3) is 4.10. The fourth-order valence-electron chi connectivity index (χ4n) is 3.09. The van der Waals surface area contributed by atoms with Gasteiger partial charge in [-0.1, -0.05) is 18.2 Å². The zero-order valence-corrected chi connectivity index (χ0v) is 14.8. The fourth-order valence-corrected chi connectivity index (χ4v) is 3.09. The Morgan fingerprint density at radius 1 is 1.00 bits per heavy atom. The van der Waals surface area contributed by atoms with E-state index in [1.807, 2.05) is 19.0 Å². The number of amides is 1. The molecule has 0 aliphatic carbocycles. The van der Waals surface area contributed by atoms with Crippen LogP contribution in [-0.2, 0) is 11.2 Å². The highest BCUT2D eigenvalue weighted by atomic mass is 19.1. The van der Waals surface area contributed by atoms with Crippen molar-refractivity contribution in [3.63, 3.8) is 0 Å². The molecule has 1 heterocycles. The van der Waals surface area contributed by atoms with Gasteiger partial charge in [-0.15, -0.1) is 0 Å². The standard InChI is InChI=1S/C20H24FN3O/c1-22(2)17-7-9-18(10-8-17)23-11-13-24(14-12-23)20(25)15-16-5-3-4-6-19(16)21/h3-10H,11-15H2,1-2H3. The van der Waals surface area contributed by atoms with Crippen molar-refractivity contribution in [3.05, 3.63) is 59.9 Å². The van der Waals surface area contributed by atoms with Crippen LogP contribution in [0, 0.1) is 5.82 Å². The average molecular weight is 341 g/mol. The van der Waals surface area contributed by atoms with Crippen LogP contribution in [0.3, 0.4) is 0 Å². The molecule has 1 aliphatic heterocycles. The van der Waals surface area contributed by atoms with Gasteiger partial charge < -0.3 is 14.7 Å². The second-order valence-corrected chi connectivity index (χ2v) is 6.55. The molecule has 4 nitrogen and oxygen atoms in total. The van der Waals surface area contributed by atoms with E-state index in [-0.39, 0.29) is 18.1 Å². The van der Waals surface area contributed by atoms with Crippen LogP contribution >= 0.6 is 0 Å². The summed E-state index contributed by atoms with van der Waals surface area (Å²) in [5.41, 5.74) is 2.81. The molecule has 0 saturated carbocycles. The molecule has 1 amide bonds. The largest absolute Gasteiger partial charge is 0.378 e. The topological polar surface area (TPSA) is 26.8 Å². The van der Waals surface area contributed by atoms with Gasteiger partial charge in [-0.3, -0.25) is 4.79 Å². The first-order chi connectivity index (χ1) is 12.0. The lowest BCUT2D eigenvalue weighted by Gasteiger charge is -2.36. The highest BCUT2D eigenvalue weighted by Gasteiger charge is 2.22. The lowest BCUT2D eigenvalue weighted by Crippen LogP contribution is -2.49. The smallest absolute Gasteiger partial charge is 0.227 e. The van der Waals surface area contributed by atoms with Crippen LogP contribution in [0.2, 0.25) is 0 Å². The van der Waals surface area contributed by atoms with E-state index in [1.54, 1.807) is 18.2 Å². The van der Waals surface area contributed by atoms with Crippen LogP contribution < -0.4 is 9.80 Å². The Morgan fingerprint density at radius 2 is 1.64 bits per heavy atom. The predicted octanol–water partition coefficient (Wildman–Crippen LogP) is 2.78. The van der Waals surface area contributed by atoms with Gasteiger partial charge in [0.1, 0.15) is 5.82 Å². The normalized spacial score (nSPS) is 14.5. The summed E-state index contributed by atoms with van der Waals surface area (Å²) in [6, 6.07) is 14.9. The molecule has 1 aliphatic rings. The van der Waals surface area contributed by atoms with Crippen molar-refractivity contribution >= 4 is 17.3 Å². The number of nitrogens with zero attached hydrogens (tertiary/aromatic N) is 3. The summed E-state index contributed by atoms with van der Waals surface area (Å²) in [6.07, 6.45) is 0.129. The molecule has 0 N–H and O–H groups in total. The first kappa shape index (κ1) is 17.3. The number of halogens is 1. The minimum Gasteiger partial charge on any atom is -0.378 e. The van der Waals surface area contributed by atoms with Crippen LogP contribution in [0.15, 0.2) is 48.5 Å². The van der Waals surface area contributed by atoms with Crippen LogP contribution in [0.5, 0.6) is 0 Å². The maximum Gasteiger partial charge on any atom is 0.227 e. The molecular formula is C20H24FN3O. The minimum absolute atomic E-state index is 0.00675. The molecule has 0 radical (unpaired) electrons. The Kier molecular flexibility index (Phi) is 5.22. The Bertz CT molecular complexity index is 722. The molecule has 132 valence electrons. The molecule has 0 bridgehead atoms. The van der Waals surface area contributed by atoms with Crippen LogP contribution in [0.4, 0.5) is 15.8 Å². The van der Waals surface area contributed by atoms with Crippen molar-refractivity contribution < 1.29 is 9.18 Å². The van der Waals surface area contributed by atoms with E-state index in [2.05, 4.69) is 34.1 Å². The van der Waals surface area contributed by atoms with E-state index in [4.69, 9.17) is 0 Å². The summed E-state index contributed by atoms with van der Waals surface area (Å²) in [5.74, 6) is -0.317. The van der Waals surface area contributed by atoms with Gasteiger partial charge >= 0.3 is 0 Å². The fraction of sp³-hybridized carbons (Fsp3) is 0.350. The van der Waals surface area contributed by atoms with E-state index in [0.717, 1.165) is 13.1 Å². The van der Waals surface area contributed by atoms with Crippen molar-refractivity contribution in [2.75, 3.05) is 50.1 Å². The molecule has 2 aromatic rings. The molecule has 25 heavy (non-hydrogen) atoms. The molecule has 3 rings (SSSR count). The van der Waals surface area contributed by atoms with Crippen molar-refractivity contribution in [1.29, 1.82) is 0 Å². The summed E-state index contributed by atoms with van der Waals surface area (Å²) in [4.78, 5) is 18.6. The molecule has 2 aromatic carbocycles. The van der Waals surface area contributed by atoms with Gasteiger partial charge in [-0.05, 0) is 35.9 Å². The number of carbonyl (C=O) groups is 1. The van der Waals surface area contributed by atoms with Crippen molar-refractivity contribution in [2.45, 2.75) is 6.42 Å². The molecular weight excluding hydrogens is 317 g/mol.